The number of halogens is 2. The smallest absolute Gasteiger partial charge is 0.306 e. The lowest BCUT2D eigenvalue weighted by molar-refractivity contribution is -0.145. The molecule has 0 aliphatic heterocycles. The Kier molecular flexibility index (Phi) is 11.2. The molecular formula is C20H28F2O4. The van der Waals surface area contributed by atoms with Gasteiger partial charge in [-0.15, -0.1) is 0 Å². The van der Waals surface area contributed by atoms with Gasteiger partial charge in [0.05, 0.1) is 6.61 Å². The summed E-state index contributed by atoms with van der Waals surface area (Å²) in [5.74, 6) is -1.69. The zero-order valence-corrected chi connectivity index (χ0v) is 15.4. The molecule has 146 valence electrons. The van der Waals surface area contributed by atoms with E-state index in [1.165, 1.54) is 0 Å². The highest BCUT2D eigenvalue weighted by molar-refractivity contribution is 5.69. The number of hydrogen-bond donors (Lipinski definition) is 0. The molecule has 0 heterocycles. The van der Waals surface area contributed by atoms with Crippen molar-refractivity contribution in [2.75, 3.05) is 6.61 Å². The van der Waals surface area contributed by atoms with E-state index in [0.29, 0.717) is 19.4 Å². The Morgan fingerprint density at radius 3 is 2.08 bits per heavy atom. The van der Waals surface area contributed by atoms with Crippen molar-refractivity contribution in [3.05, 3.63) is 35.4 Å². The fourth-order valence-electron chi connectivity index (χ4n) is 2.42. The van der Waals surface area contributed by atoms with Gasteiger partial charge in [-0.3, -0.25) is 9.59 Å². The van der Waals surface area contributed by atoms with Gasteiger partial charge in [0.1, 0.15) is 18.2 Å². The molecule has 0 saturated carbocycles. The molecule has 0 N–H and O–H groups in total. The number of unbranched alkanes of at least 4 members (excludes halogenated alkanes) is 5. The monoisotopic (exact) mass is 370 g/mol. The molecule has 1 aromatic rings. The van der Waals surface area contributed by atoms with Crippen molar-refractivity contribution in [2.24, 2.45) is 0 Å². The zero-order chi connectivity index (χ0) is 19.2. The van der Waals surface area contributed by atoms with E-state index in [-0.39, 0.29) is 24.6 Å². The Labute approximate surface area is 153 Å². The van der Waals surface area contributed by atoms with Crippen molar-refractivity contribution in [1.29, 1.82) is 0 Å². The summed E-state index contributed by atoms with van der Waals surface area (Å²) in [5, 5.41) is 0. The largest absolute Gasteiger partial charge is 0.466 e. The second-order valence-electron chi connectivity index (χ2n) is 6.24. The van der Waals surface area contributed by atoms with Gasteiger partial charge < -0.3 is 9.47 Å². The Hall–Kier alpha value is -1.98. The summed E-state index contributed by atoms with van der Waals surface area (Å²) >= 11 is 0. The SMILES string of the molecule is CCCOC(=O)CCCCCCCCC(=O)OCc1cc(F)ccc1F. The highest BCUT2D eigenvalue weighted by Gasteiger charge is 2.08. The van der Waals surface area contributed by atoms with Crippen LogP contribution in [0.3, 0.4) is 0 Å². The second-order valence-corrected chi connectivity index (χ2v) is 6.24. The molecule has 0 amide bonds. The van der Waals surface area contributed by atoms with Crippen molar-refractivity contribution >= 4 is 11.9 Å². The molecule has 0 aromatic heterocycles. The molecule has 0 spiro atoms. The molecule has 0 aliphatic rings. The fraction of sp³-hybridized carbons (Fsp3) is 0.600. The summed E-state index contributed by atoms with van der Waals surface area (Å²) in [7, 11) is 0. The van der Waals surface area contributed by atoms with Crippen LogP contribution in [0.5, 0.6) is 0 Å². The molecule has 1 aromatic carbocycles. The van der Waals surface area contributed by atoms with E-state index in [9.17, 15) is 18.4 Å². The molecule has 0 saturated heterocycles. The lowest BCUT2D eigenvalue weighted by atomic mass is 10.1. The first-order valence-electron chi connectivity index (χ1n) is 9.28. The number of benzene rings is 1. The molecule has 0 radical (unpaired) electrons. The predicted molar refractivity (Wildman–Crippen MR) is 94.3 cm³/mol. The van der Waals surface area contributed by atoms with Gasteiger partial charge in [-0.2, -0.15) is 0 Å². The van der Waals surface area contributed by atoms with Crippen LogP contribution in [-0.4, -0.2) is 18.5 Å². The number of ether oxygens (including phenoxy) is 2. The van der Waals surface area contributed by atoms with Crippen molar-refractivity contribution in [2.45, 2.75) is 71.3 Å². The number of esters is 2. The van der Waals surface area contributed by atoms with Crippen molar-refractivity contribution in [1.82, 2.24) is 0 Å². The molecule has 0 aliphatic carbocycles. The Morgan fingerprint density at radius 2 is 1.46 bits per heavy atom. The number of rotatable bonds is 13. The van der Waals surface area contributed by atoms with E-state index in [1.54, 1.807) is 0 Å². The van der Waals surface area contributed by atoms with E-state index >= 15 is 0 Å². The molecule has 1 rings (SSSR count). The third-order valence-electron chi connectivity index (χ3n) is 3.88. The van der Waals surface area contributed by atoms with Crippen LogP contribution in [-0.2, 0) is 25.7 Å². The highest BCUT2D eigenvalue weighted by atomic mass is 19.1. The van der Waals surface area contributed by atoms with Crippen LogP contribution < -0.4 is 0 Å². The first-order valence-corrected chi connectivity index (χ1v) is 9.28. The molecular weight excluding hydrogens is 342 g/mol. The topological polar surface area (TPSA) is 52.6 Å². The average molecular weight is 370 g/mol. The van der Waals surface area contributed by atoms with Crippen molar-refractivity contribution in [3.8, 4) is 0 Å². The van der Waals surface area contributed by atoms with E-state index < -0.39 is 17.6 Å². The van der Waals surface area contributed by atoms with E-state index in [2.05, 4.69) is 0 Å². The molecule has 26 heavy (non-hydrogen) atoms. The zero-order valence-electron chi connectivity index (χ0n) is 15.4. The van der Waals surface area contributed by atoms with Crippen LogP contribution >= 0.6 is 0 Å². The quantitative estimate of drug-likeness (QED) is 0.359. The number of carbonyl (C=O) groups is 2. The van der Waals surface area contributed by atoms with Gasteiger partial charge in [-0.25, -0.2) is 8.78 Å². The summed E-state index contributed by atoms with van der Waals surface area (Å²) < 4.78 is 36.4. The van der Waals surface area contributed by atoms with Crippen LogP contribution in [0.2, 0.25) is 0 Å². The molecule has 0 unspecified atom stereocenters. The summed E-state index contributed by atoms with van der Waals surface area (Å²) in [6.45, 7) is 2.19. The van der Waals surface area contributed by atoms with Gasteiger partial charge in [0, 0.05) is 18.4 Å². The summed E-state index contributed by atoms with van der Waals surface area (Å²) in [6.07, 6.45) is 6.93. The molecule has 6 heteroatoms. The lowest BCUT2D eigenvalue weighted by Crippen LogP contribution is -2.06. The normalized spacial score (nSPS) is 10.6. The minimum atomic E-state index is -0.585. The Morgan fingerprint density at radius 1 is 0.885 bits per heavy atom. The van der Waals surface area contributed by atoms with Crippen LogP contribution in [0.15, 0.2) is 18.2 Å². The van der Waals surface area contributed by atoms with Gasteiger partial charge >= 0.3 is 11.9 Å². The van der Waals surface area contributed by atoms with Gasteiger partial charge in [0.15, 0.2) is 0 Å². The van der Waals surface area contributed by atoms with Crippen LogP contribution in [0.4, 0.5) is 8.78 Å². The maximum Gasteiger partial charge on any atom is 0.306 e. The standard InChI is InChI=1S/C20H28F2O4/c1-2-13-25-19(23)9-7-5-3-4-6-8-10-20(24)26-15-16-14-17(21)11-12-18(16)22/h11-12,14H,2-10,13,15H2,1H3. The predicted octanol–water partition coefficient (Wildman–Crippen LogP) is 5.08. The Bertz CT molecular complexity index is 561. The minimum Gasteiger partial charge on any atom is -0.466 e. The third-order valence-corrected chi connectivity index (χ3v) is 3.88. The number of carbonyl (C=O) groups excluding carboxylic acids is 2. The first kappa shape index (κ1) is 22.1. The van der Waals surface area contributed by atoms with E-state index in [1.807, 2.05) is 6.92 Å². The van der Waals surface area contributed by atoms with Gasteiger partial charge in [0.2, 0.25) is 0 Å². The average Bonchev–Trinajstić information content (AvgIpc) is 2.62. The van der Waals surface area contributed by atoms with E-state index in [4.69, 9.17) is 9.47 Å². The summed E-state index contributed by atoms with van der Waals surface area (Å²) in [5.41, 5.74) is 0.0378. The minimum absolute atomic E-state index is 0.0378. The van der Waals surface area contributed by atoms with Gasteiger partial charge in [-0.05, 0) is 37.5 Å². The molecule has 0 atom stereocenters. The van der Waals surface area contributed by atoms with Crippen LogP contribution in [0.25, 0.3) is 0 Å². The third kappa shape index (κ3) is 10.1. The van der Waals surface area contributed by atoms with Crippen LogP contribution in [0, 0.1) is 11.6 Å². The highest BCUT2D eigenvalue weighted by Crippen LogP contribution is 2.13. The summed E-state index contributed by atoms with van der Waals surface area (Å²) in [6, 6.07) is 3.07. The molecule has 0 bridgehead atoms. The first-order chi connectivity index (χ1) is 12.5. The maximum atomic E-state index is 13.4. The second kappa shape index (κ2) is 13.3. The lowest BCUT2D eigenvalue weighted by Gasteiger charge is -2.06. The molecule has 4 nitrogen and oxygen atoms in total. The number of hydrogen-bond acceptors (Lipinski definition) is 4. The summed E-state index contributed by atoms with van der Waals surface area (Å²) in [4.78, 5) is 22.9. The van der Waals surface area contributed by atoms with Crippen molar-refractivity contribution < 1.29 is 27.8 Å². The Balaban J connectivity index is 2.00. The van der Waals surface area contributed by atoms with Crippen LogP contribution in [0.1, 0.15) is 70.3 Å². The van der Waals surface area contributed by atoms with Gasteiger partial charge in [0.25, 0.3) is 0 Å². The van der Waals surface area contributed by atoms with Crippen molar-refractivity contribution in [3.63, 3.8) is 0 Å². The fourth-order valence-corrected chi connectivity index (χ4v) is 2.42. The molecule has 0 fully saturated rings. The van der Waals surface area contributed by atoms with E-state index in [0.717, 1.165) is 56.7 Å². The van der Waals surface area contributed by atoms with Gasteiger partial charge in [-0.1, -0.05) is 32.6 Å². The maximum absolute atomic E-state index is 13.4.